The van der Waals surface area contributed by atoms with E-state index in [1.807, 2.05) is 17.0 Å². The largest absolute Gasteiger partial charge is 0.486 e. The number of furan rings is 1. The fraction of sp³-hybridized carbons (Fsp3) is 0.429. The summed E-state index contributed by atoms with van der Waals surface area (Å²) in [5.74, 6) is 2.81. The third kappa shape index (κ3) is 5.18. The van der Waals surface area contributed by atoms with Gasteiger partial charge in [0.1, 0.15) is 13.2 Å². The van der Waals surface area contributed by atoms with Gasteiger partial charge in [0.25, 0.3) is 5.91 Å². The molecule has 162 valence electrons. The zero-order valence-corrected chi connectivity index (χ0v) is 19.3. The number of halogens is 1. The number of hydrogen-bond donors (Lipinski definition) is 1. The van der Waals surface area contributed by atoms with Crippen molar-refractivity contribution in [3.63, 3.8) is 0 Å². The van der Waals surface area contributed by atoms with Crippen LogP contribution in [0.25, 0.3) is 0 Å². The van der Waals surface area contributed by atoms with Gasteiger partial charge in [-0.15, -0.1) is 24.0 Å². The molecule has 2 aromatic rings. The summed E-state index contributed by atoms with van der Waals surface area (Å²) in [6.07, 6.45) is 2.38. The van der Waals surface area contributed by atoms with Crippen LogP contribution in [0.1, 0.15) is 16.1 Å². The molecule has 2 aliphatic rings. The Morgan fingerprint density at radius 3 is 2.50 bits per heavy atom. The van der Waals surface area contributed by atoms with E-state index in [9.17, 15) is 4.79 Å². The highest BCUT2D eigenvalue weighted by atomic mass is 127. The van der Waals surface area contributed by atoms with E-state index in [4.69, 9.17) is 13.9 Å². The number of piperazine rings is 1. The van der Waals surface area contributed by atoms with Crippen molar-refractivity contribution < 1.29 is 18.7 Å². The molecule has 0 saturated carbocycles. The smallest absolute Gasteiger partial charge is 0.289 e. The zero-order chi connectivity index (χ0) is 20.1. The molecule has 1 amide bonds. The van der Waals surface area contributed by atoms with Gasteiger partial charge < -0.3 is 29.0 Å². The number of benzene rings is 1. The van der Waals surface area contributed by atoms with Crippen LogP contribution >= 0.6 is 24.0 Å². The minimum Gasteiger partial charge on any atom is -0.486 e. The second-order valence-corrected chi connectivity index (χ2v) is 6.96. The number of ether oxygens (including phenoxy) is 2. The second kappa shape index (κ2) is 10.6. The lowest BCUT2D eigenvalue weighted by molar-refractivity contribution is 0.0658. The molecular weight excluding hydrogens is 499 g/mol. The molecule has 0 radical (unpaired) electrons. The topological polar surface area (TPSA) is 79.5 Å². The summed E-state index contributed by atoms with van der Waals surface area (Å²) in [6, 6.07) is 9.51. The van der Waals surface area contributed by atoms with Crippen molar-refractivity contribution in [3.05, 3.63) is 47.9 Å². The second-order valence-electron chi connectivity index (χ2n) is 6.96. The summed E-state index contributed by atoms with van der Waals surface area (Å²) in [4.78, 5) is 20.8. The molecule has 3 heterocycles. The highest BCUT2D eigenvalue weighted by Crippen LogP contribution is 2.30. The molecule has 0 unspecified atom stereocenters. The first-order valence-corrected chi connectivity index (χ1v) is 9.91. The SMILES string of the molecule is CN=C(NCCc1ccc2c(c1)OCCO2)N1CCN(C(=O)c2ccco2)CC1.I. The molecule has 9 heteroatoms. The summed E-state index contributed by atoms with van der Waals surface area (Å²) in [7, 11) is 1.78. The van der Waals surface area contributed by atoms with Gasteiger partial charge >= 0.3 is 0 Å². The molecule has 0 atom stereocenters. The van der Waals surface area contributed by atoms with Crippen molar-refractivity contribution in [1.29, 1.82) is 0 Å². The van der Waals surface area contributed by atoms with E-state index in [1.54, 1.807) is 19.2 Å². The summed E-state index contributed by atoms with van der Waals surface area (Å²) < 4.78 is 16.4. The van der Waals surface area contributed by atoms with Gasteiger partial charge in [-0.1, -0.05) is 6.07 Å². The van der Waals surface area contributed by atoms with Crippen LogP contribution < -0.4 is 14.8 Å². The van der Waals surface area contributed by atoms with E-state index in [0.29, 0.717) is 32.1 Å². The number of nitrogens with zero attached hydrogens (tertiary/aromatic N) is 3. The third-order valence-corrected chi connectivity index (χ3v) is 5.11. The number of rotatable bonds is 4. The first kappa shape index (κ1) is 22.3. The van der Waals surface area contributed by atoms with Gasteiger partial charge in [-0.05, 0) is 36.2 Å². The molecule has 1 aromatic carbocycles. The lowest BCUT2D eigenvalue weighted by Gasteiger charge is -2.36. The Bertz CT molecular complexity index is 864. The number of carbonyl (C=O) groups excluding carboxylic acids is 1. The van der Waals surface area contributed by atoms with Crippen LogP contribution in [0.3, 0.4) is 0 Å². The molecule has 4 rings (SSSR count). The first-order valence-electron chi connectivity index (χ1n) is 9.91. The Morgan fingerprint density at radius 2 is 1.80 bits per heavy atom. The minimum atomic E-state index is -0.0591. The summed E-state index contributed by atoms with van der Waals surface area (Å²) >= 11 is 0. The number of amides is 1. The quantitative estimate of drug-likeness (QED) is 0.374. The van der Waals surface area contributed by atoms with Crippen molar-refractivity contribution in [1.82, 2.24) is 15.1 Å². The Morgan fingerprint density at radius 1 is 1.07 bits per heavy atom. The summed E-state index contributed by atoms with van der Waals surface area (Å²) in [5, 5.41) is 3.42. The van der Waals surface area contributed by atoms with E-state index < -0.39 is 0 Å². The zero-order valence-electron chi connectivity index (χ0n) is 17.0. The summed E-state index contributed by atoms with van der Waals surface area (Å²) in [5.41, 5.74) is 1.19. The maximum Gasteiger partial charge on any atom is 0.289 e. The van der Waals surface area contributed by atoms with Gasteiger partial charge in [0, 0.05) is 39.8 Å². The van der Waals surface area contributed by atoms with Crippen molar-refractivity contribution in [2.24, 2.45) is 4.99 Å². The van der Waals surface area contributed by atoms with Gasteiger partial charge in [0.2, 0.25) is 0 Å². The normalized spacial score (nSPS) is 16.1. The molecule has 0 aliphatic carbocycles. The number of nitrogens with one attached hydrogen (secondary N) is 1. The average molecular weight is 526 g/mol. The van der Waals surface area contributed by atoms with Crippen LogP contribution in [0.15, 0.2) is 46.0 Å². The standard InChI is InChI=1S/C21H26N4O4.HI/c1-22-21(23-7-6-16-4-5-17-19(15-16)29-14-13-28-17)25-10-8-24(9-11-25)20(26)18-3-2-12-27-18;/h2-5,12,15H,6-11,13-14H2,1H3,(H,22,23);1H. The van der Waals surface area contributed by atoms with Gasteiger partial charge in [-0.25, -0.2) is 0 Å². The summed E-state index contributed by atoms with van der Waals surface area (Å²) in [6.45, 7) is 4.70. The number of fused-ring (bicyclic) bond motifs is 1. The van der Waals surface area contributed by atoms with E-state index >= 15 is 0 Å². The maximum atomic E-state index is 12.4. The van der Waals surface area contributed by atoms with E-state index in [1.165, 1.54) is 11.8 Å². The predicted molar refractivity (Wildman–Crippen MR) is 124 cm³/mol. The molecule has 0 bridgehead atoms. The predicted octanol–water partition coefficient (Wildman–Crippen LogP) is 2.24. The van der Waals surface area contributed by atoms with Crippen LogP contribution in [-0.4, -0.2) is 74.7 Å². The Labute approximate surface area is 193 Å². The molecule has 1 N–H and O–H groups in total. The lowest BCUT2D eigenvalue weighted by Crippen LogP contribution is -2.54. The Balaban J connectivity index is 0.00000256. The van der Waals surface area contributed by atoms with Crippen LogP contribution in [0, 0.1) is 0 Å². The van der Waals surface area contributed by atoms with Gasteiger partial charge in [0.15, 0.2) is 23.2 Å². The number of carbonyl (C=O) groups is 1. The number of guanidine groups is 1. The maximum absolute atomic E-state index is 12.4. The lowest BCUT2D eigenvalue weighted by atomic mass is 10.1. The van der Waals surface area contributed by atoms with Gasteiger partial charge in [0.05, 0.1) is 6.26 Å². The Hall–Kier alpha value is -2.43. The fourth-order valence-electron chi connectivity index (χ4n) is 3.57. The van der Waals surface area contributed by atoms with E-state index in [-0.39, 0.29) is 29.9 Å². The molecule has 0 spiro atoms. The average Bonchev–Trinajstić information content (AvgIpc) is 3.31. The highest BCUT2D eigenvalue weighted by Gasteiger charge is 2.25. The molecule has 1 saturated heterocycles. The van der Waals surface area contributed by atoms with Crippen LogP contribution in [0.2, 0.25) is 0 Å². The molecule has 1 aromatic heterocycles. The van der Waals surface area contributed by atoms with E-state index in [2.05, 4.69) is 21.3 Å². The fourth-order valence-corrected chi connectivity index (χ4v) is 3.57. The highest BCUT2D eigenvalue weighted by molar-refractivity contribution is 14.0. The van der Waals surface area contributed by atoms with Crippen molar-refractivity contribution >= 4 is 35.8 Å². The number of aliphatic imine (C=N–C) groups is 1. The van der Waals surface area contributed by atoms with Crippen molar-refractivity contribution in [2.75, 3.05) is 53.0 Å². The molecule has 30 heavy (non-hydrogen) atoms. The molecule has 2 aliphatic heterocycles. The monoisotopic (exact) mass is 526 g/mol. The van der Waals surface area contributed by atoms with Gasteiger partial charge in [-0.2, -0.15) is 0 Å². The van der Waals surface area contributed by atoms with Gasteiger partial charge in [-0.3, -0.25) is 9.79 Å². The Kier molecular flexibility index (Phi) is 7.83. The van der Waals surface area contributed by atoms with Crippen molar-refractivity contribution in [3.8, 4) is 11.5 Å². The van der Waals surface area contributed by atoms with Crippen LogP contribution in [0.4, 0.5) is 0 Å². The van der Waals surface area contributed by atoms with Crippen molar-refractivity contribution in [2.45, 2.75) is 6.42 Å². The molecule has 1 fully saturated rings. The molecular formula is C21H27IN4O4. The van der Waals surface area contributed by atoms with Crippen LogP contribution in [-0.2, 0) is 6.42 Å². The third-order valence-electron chi connectivity index (χ3n) is 5.11. The van der Waals surface area contributed by atoms with E-state index in [0.717, 1.165) is 43.5 Å². The molecule has 8 nitrogen and oxygen atoms in total. The number of hydrogen-bond acceptors (Lipinski definition) is 5. The van der Waals surface area contributed by atoms with Crippen LogP contribution in [0.5, 0.6) is 11.5 Å². The first-order chi connectivity index (χ1) is 14.2. The minimum absolute atomic E-state index is 0.